The normalized spacial score (nSPS) is 13.7. The number of rotatable bonds is 7. The van der Waals surface area contributed by atoms with Crippen molar-refractivity contribution in [3.8, 4) is 0 Å². The summed E-state index contributed by atoms with van der Waals surface area (Å²) in [4.78, 5) is 25.8. The van der Waals surface area contributed by atoms with E-state index in [1.54, 1.807) is 0 Å². The van der Waals surface area contributed by atoms with Crippen molar-refractivity contribution in [1.82, 2.24) is 4.90 Å². The molecule has 0 aliphatic rings. The molecule has 5 nitrogen and oxygen atoms in total. The summed E-state index contributed by atoms with van der Waals surface area (Å²) >= 11 is 0. The van der Waals surface area contributed by atoms with Gasteiger partial charge in [0, 0.05) is 6.07 Å². The number of halogens is 2. The van der Waals surface area contributed by atoms with Gasteiger partial charge >= 0.3 is 0 Å². The number of benzene rings is 1. The Labute approximate surface area is 140 Å². The Kier molecular flexibility index (Phi) is 7.44. The van der Waals surface area contributed by atoms with Crippen molar-refractivity contribution >= 4 is 11.8 Å². The lowest BCUT2D eigenvalue weighted by atomic mass is 10.0. The maximum absolute atomic E-state index is 13.3. The molecule has 24 heavy (non-hydrogen) atoms. The maximum Gasteiger partial charge on any atom is 0.246 e. The molecule has 0 spiro atoms. The Morgan fingerprint density at radius 2 is 1.71 bits per heavy atom. The Morgan fingerprint density at radius 3 is 2.12 bits per heavy atom. The van der Waals surface area contributed by atoms with Crippen LogP contribution in [-0.4, -0.2) is 40.5 Å². The molecule has 1 aromatic carbocycles. The minimum Gasteiger partial charge on any atom is -0.394 e. The summed E-state index contributed by atoms with van der Waals surface area (Å²) < 4.78 is 26.5. The van der Waals surface area contributed by atoms with Crippen molar-refractivity contribution in [3.05, 3.63) is 35.4 Å². The van der Waals surface area contributed by atoms with Gasteiger partial charge in [0.05, 0.1) is 25.1 Å². The molecular formula is C17H24F2N2O3. The smallest absolute Gasteiger partial charge is 0.246 e. The maximum atomic E-state index is 13.3. The number of hydrogen-bond donors (Lipinski definition) is 2. The van der Waals surface area contributed by atoms with Crippen molar-refractivity contribution in [1.29, 1.82) is 0 Å². The zero-order chi connectivity index (χ0) is 18.4. The summed E-state index contributed by atoms with van der Waals surface area (Å²) in [5.41, 5.74) is 5.71. The van der Waals surface area contributed by atoms with Crippen molar-refractivity contribution in [2.24, 2.45) is 11.7 Å². The summed E-state index contributed by atoms with van der Waals surface area (Å²) in [5.74, 6) is -2.75. The first-order chi connectivity index (χ1) is 11.1. The highest BCUT2D eigenvalue weighted by Gasteiger charge is 2.31. The average molecular weight is 342 g/mol. The van der Waals surface area contributed by atoms with Crippen LogP contribution in [0.15, 0.2) is 18.2 Å². The summed E-state index contributed by atoms with van der Waals surface area (Å²) in [7, 11) is 0. The molecule has 0 aliphatic carbocycles. The Balaban J connectivity index is 3.08. The van der Waals surface area contributed by atoms with Gasteiger partial charge in [0.25, 0.3) is 0 Å². The number of carbonyl (C=O) groups excluding carboxylic acids is 2. The third-order valence-electron chi connectivity index (χ3n) is 3.49. The van der Waals surface area contributed by atoms with E-state index in [0.717, 1.165) is 17.0 Å². The van der Waals surface area contributed by atoms with Gasteiger partial charge in [0.15, 0.2) is 0 Å². The molecule has 1 rings (SSSR count). The largest absolute Gasteiger partial charge is 0.394 e. The van der Waals surface area contributed by atoms with Crippen LogP contribution in [0.5, 0.6) is 0 Å². The first kappa shape index (κ1) is 20.2. The van der Waals surface area contributed by atoms with E-state index in [1.807, 2.05) is 13.8 Å². The molecule has 0 saturated carbocycles. The molecule has 0 aliphatic heterocycles. The highest BCUT2D eigenvalue weighted by molar-refractivity contribution is 5.98. The molecule has 0 radical (unpaired) electrons. The van der Waals surface area contributed by atoms with Gasteiger partial charge in [-0.3, -0.25) is 14.5 Å². The molecule has 2 atom stereocenters. The van der Waals surface area contributed by atoms with Gasteiger partial charge in [-0.15, -0.1) is 0 Å². The van der Waals surface area contributed by atoms with Crippen LogP contribution in [0, 0.1) is 17.6 Å². The molecule has 0 saturated heterocycles. The van der Waals surface area contributed by atoms with Gasteiger partial charge in [-0.1, -0.05) is 13.8 Å². The SMILES string of the molecule is CC(C)C[C@@H](CO)N(C(=O)Cc1cc(F)cc(F)c1)C(=O)[C@H](C)N. The van der Waals surface area contributed by atoms with Crippen molar-refractivity contribution in [3.63, 3.8) is 0 Å². The number of aliphatic hydroxyl groups excluding tert-OH is 1. The lowest BCUT2D eigenvalue weighted by molar-refractivity contribution is -0.149. The fraction of sp³-hybridized carbons (Fsp3) is 0.529. The van der Waals surface area contributed by atoms with Gasteiger partial charge in [-0.05, 0) is 37.0 Å². The topological polar surface area (TPSA) is 83.6 Å². The van der Waals surface area contributed by atoms with E-state index in [9.17, 15) is 23.5 Å². The van der Waals surface area contributed by atoms with E-state index in [0.29, 0.717) is 12.5 Å². The molecule has 2 amide bonds. The van der Waals surface area contributed by atoms with Gasteiger partial charge in [-0.2, -0.15) is 0 Å². The van der Waals surface area contributed by atoms with Crippen LogP contribution < -0.4 is 5.73 Å². The average Bonchev–Trinajstić information content (AvgIpc) is 2.44. The highest BCUT2D eigenvalue weighted by atomic mass is 19.1. The lowest BCUT2D eigenvalue weighted by Crippen LogP contribution is -2.52. The third-order valence-corrected chi connectivity index (χ3v) is 3.49. The van der Waals surface area contributed by atoms with Gasteiger partial charge < -0.3 is 10.8 Å². The van der Waals surface area contributed by atoms with E-state index in [4.69, 9.17) is 5.73 Å². The zero-order valence-corrected chi connectivity index (χ0v) is 14.1. The van der Waals surface area contributed by atoms with Crippen LogP contribution >= 0.6 is 0 Å². The standard InChI is InChI=1S/C17H24F2N2O3/c1-10(2)4-15(9-22)21(17(24)11(3)20)16(23)7-12-5-13(18)8-14(19)6-12/h5-6,8,10-11,15,22H,4,7,9,20H2,1-3H3/t11-,15-/m0/s1. The van der Waals surface area contributed by atoms with E-state index in [1.165, 1.54) is 6.92 Å². The molecule has 0 aromatic heterocycles. The number of hydrogen-bond acceptors (Lipinski definition) is 4. The molecule has 134 valence electrons. The van der Waals surface area contributed by atoms with Crippen LogP contribution in [0.2, 0.25) is 0 Å². The second-order valence-corrected chi connectivity index (χ2v) is 6.31. The summed E-state index contributed by atoms with van der Waals surface area (Å²) in [5, 5.41) is 9.57. The molecule has 0 unspecified atom stereocenters. The van der Waals surface area contributed by atoms with Crippen molar-refractivity contribution in [2.75, 3.05) is 6.61 Å². The lowest BCUT2D eigenvalue weighted by Gasteiger charge is -2.31. The highest BCUT2D eigenvalue weighted by Crippen LogP contribution is 2.16. The van der Waals surface area contributed by atoms with E-state index >= 15 is 0 Å². The quantitative estimate of drug-likeness (QED) is 0.789. The van der Waals surface area contributed by atoms with E-state index in [-0.39, 0.29) is 17.9 Å². The Bertz CT molecular complexity index is 571. The van der Waals surface area contributed by atoms with E-state index < -0.39 is 42.1 Å². The fourth-order valence-electron chi connectivity index (χ4n) is 2.50. The van der Waals surface area contributed by atoms with Gasteiger partial charge in [0.1, 0.15) is 11.6 Å². The van der Waals surface area contributed by atoms with Crippen LogP contribution in [-0.2, 0) is 16.0 Å². The summed E-state index contributed by atoms with van der Waals surface area (Å²) in [6.07, 6.45) is 0.0416. The second-order valence-electron chi connectivity index (χ2n) is 6.31. The first-order valence-electron chi connectivity index (χ1n) is 7.83. The number of nitrogens with two attached hydrogens (primary N) is 1. The number of carbonyl (C=O) groups is 2. The van der Waals surface area contributed by atoms with Gasteiger partial charge in [-0.25, -0.2) is 8.78 Å². The number of imide groups is 1. The minimum atomic E-state index is -0.931. The fourth-order valence-corrected chi connectivity index (χ4v) is 2.50. The number of aliphatic hydroxyl groups is 1. The first-order valence-corrected chi connectivity index (χ1v) is 7.83. The van der Waals surface area contributed by atoms with Crippen LogP contribution in [0.3, 0.4) is 0 Å². The Hall–Kier alpha value is -1.86. The second kappa shape index (κ2) is 8.84. The van der Waals surface area contributed by atoms with E-state index in [2.05, 4.69) is 0 Å². The van der Waals surface area contributed by atoms with Crippen LogP contribution in [0.25, 0.3) is 0 Å². The molecule has 3 N–H and O–H groups in total. The molecule has 7 heteroatoms. The molecular weight excluding hydrogens is 318 g/mol. The predicted molar refractivity (Wildman–Crippen MR) is 85.9 cm³/mol. The summed E-state index contributed by atoms with van der Waals surface area (Å²) in [6.45, 7) is 4.82. The van der Waals surface area contributed by atoms with Crippen molar-refractivity contribution < 1.29 is 23.5 Å². The molecule has 0 heterocycles. The van der Waals surface area contributed by atoms with Gasteiger partial charge in [0.2, 0.25) is 11.8 Å². The Morgan fingerprint density at radius 1 is 1.17 bits per heavy atom. The summed E-state index contributed by atoms with van der Waals surface area (Å²) in [6, 6.07) is 1.11. The van der Waals surface area contributed by atoms with Crippen LogP contribution in [0.1, 0.15) is 32.8 Å². The molecule has 1 aromatic rings. The minimum absolute atomic E-state index is 0.112. The zero-order valence-electron chi connectivity index (χ0n) is 14.1. The van der Waals surface area contributed by atoms with Crippen LogP contribution in [0.4, 0.5) is 8.78 Å². The third kappa shape index (κ3) is 5.65. The number of amides is 2. The number of nitrogens with zero attached hydrogens (tertiary/aromatic N) is 1. The predicted octanol–water partition coefficient (Wildman–Crippen LogP) is 1.62. The monoisotopic (exact) mass is 342 g/mol. The van der Waals surface area contributed by atoms with Crippen molar-refractivity contribution in [2.45, 2.75) is 45.7 Å². The molecule has 0 fully saturated rings. The molecule has 0 bridgehead atoms.